The van der Waals surface area contributed by atoms with Crippen molar-refractivity contribution in [1.29, 1.82) is 0 Å². The van der Waals surface area contributed by atoms with Crippen LogP contribution >= 0.6 is 0 Å². The quantitative estimate of drug-likeness (QED) is 0.224. The second-order valence-electron chi connectivity index (χ2n) is 10.9. The lowest BCUT2D eigenvalue weighted by molar-refractivity contribution is -0.152. The minimum absolute atomic E-state index is 0.00442. The fourth-order valence-electron chi connectivity index (χ4n) is 6.28. The minimum atomic E-state index is -1.23. The third-order valence-electron chi connectivity index (χ3n) is 8.07. The average Bonchev–Trinajstić information content (AvgIpc) is 3.40. The van der Waals surface area contributed by atoms with Gasteiger partial charge in [0.1, 0.15) is 6.04 Å². The van der Waals surface area contributed by atoms with Gasteiger partial charge in [0.25, 0.3) is 11.8 Å². The zero-order valence-corrected chi connectivity index (χ0v) is 23.1. The van der Waals surface area contributed by atoms with E-state index in [1.165, 1.54) is 11.9 Å². The Morgan fingerprint density at radius 2 is 1.55 bits per heavy atom. The van der Waals surface area contributed by atoms with Crippen molar-refractivity contribution in [2.75, 3.05) is 20.1 Å². The van der Waals surface area contributed by atoms with E-state index in [2.05, 4.69) is 5.32 Å². The number of nitrogens with zero attached hydrogens (tertiary/aromatic N) is 2. The number of likely N-dealkylation sites (N-methyl/N-ethyl adjacent to an activating group) is 1. The number of carbonyl (C=O) groups excluding carboxylic acids is 5. The number of fused-ring (bicyclic) bond motifs is 1. The van der Waals surface area contributed by atoms with Crippen LogP contribution in [0.15, 0.2) is 54.6 Å². The minimum Gasteiger partial charge on any atom is -0.357 e. The van der Waals surface area contributed by atoms with E-state index >= 15 is 0 Å². The predicted octanol–water partition coefficient (Wildman–Crippen LogP) is 2.42. The number of imide groups is 1. The molecule has 4 rings (SSSR count). The highest BCUT2D eigenvalue weighted by atomic mass is 16.5. The molecule has 0 saturated carbocycles. The summed E-state index contributed by atoms with van der Waals surface area (Å²) >= 11 is 0. The molecule has 2 aromatic rings. The molecule has 0 bridgehead atoms. The molecule has 2 aliphatic rings. The molecule has 1 saturated heterocycles. The van der Waals surface area contributed by atoms with Crippen molar-refractivity contribution < 1.29 is 29.2 Å². The van der Waals surface area contributed by atoms with Gasteiger partial charge >= 0.3 is 0 Å². The summed E-state index contributed by atoms with van der Waals surface area (Å²) in [5.41, 5.74) is 1.96. The van der Waals surface area contributed by atoms with E-state index in [1.54, 1.807) is 29.7 Å². The van der Waals surface area contributed by atoms with E-state index < -0.39 is 35.1 Å². The molecule has 0 aromatic heterocycles. The molecule has 0 unspecified atom stereocenters. The van der Waals surface area contributed by atoms with Crippen LogP contribution in [0.5, 0.6) is 0 Å². The summed E-state index contributed by atoms with van der Waals surface area (Å²) in [4.78, 5) is 69.1. The molecule has 212 valence electrons. The topological polar surface area (TPSA) is 136 Å². The van der Waals surface area contributed by atoms with Crippen LogP contribution in [0.4, 0.5) is 0 Å². The van der Waals surface area contributed by atoms with Crippen LogP contribution in [0, 0.1) is 17.3 Å². The lowest BCUT2D eigenvalue weighted by atomic mass is 9.67. The third kappa shape index (κ3) is 5.36. The van der Waals surface area contributed by atoms with Crippen molar-refractivity contribution in [2.24, 2.45) is 17.3 Å². The Morgan fingerprint density at radius 1 is 0.950 bits per heavy atom. The Labute approximate surface area is 233 Å². The number of benzene rings is 2. The molecule has 40 heavy (non-hydrogen) atoms. The number of rotatable bonds is 11. The van der Waals surface area contributed by atoms with E-state index in [1.807, 2.05) is 44.2 Å². The van der Waals surface area contributed by atoms with Gasteiger partial charge in [-0.3, -0.25) is 34.1 Å². The average molecular weight is 549 g/mol. The smallest absolute Gasteiger partial charge is 0.261 e. The number of nitrogens with one attached hydrogen (secondary N) is 2. The monoisotopic (exact) mass is 548 g/mol. The summed E-state index contributed by atoms with van der Waals surface area (Å²) in [5, 5.41) is 12.4. The standard InChI is InChI=1S/C30H36N4O6/c1-19(2)18-30(14-16-33(29(30)39)24(26(36)31-3)17-20-9-5-4-6-10-20)23(25(35)32-40)13-15-34-27(37)21-11-7-8-12-22(21)28(34)38/h4-12,19,23-24,40H,13-18H2,1-3H3,(H,31,36)(H,32,35)/t23-,24-,30+/m0/s1. The summed E-state index contributed by atoms with van der Waals surface area (Å²) in [5.74, 6) is -3.36. The van der Waals surface area contributed by atoms with Gasteiger partial charge in [0.05, 0.1) is 22.5 Å². The molecule has 5 amide bonds. The summed E-state index contributed by atoms with van der Waals surface area (Å²) in [6, 6.07) is 15.1. The summed E-state index contributed by atoms with van der Waals surface area (Å²) in [6.07, 6.45) is 0.893. The Morgan fingerprint density at radius 3 is 2.10 bits per heavy atom. The number of hydrogen-bond donors (Lipinski definition) is 3. The van der Waals surface area contributed by atoms with Gasteiger partial charge in [0, 0.05) is 26.6 Å². The van der Waals surface area contributed by atoms with E-state index in [0.717, 1.165) is 10.5 Å². The second kappa shape index (κ2) is 12.0. The fourth-order valence-corrected chi connectivity index (χ4v) is 6.28. The zero-order chi connectivity index (χ0) is 29.0. The summed E-state index contributed by atoms with van der Waals surface area (Å²) < 4.78 is 0. The van der Waals surface area contributed by atoms with Crippen LogP contribution in [0.25, 0.3) is 0 Å². The van der Waals surface area contributed by atoms with Gasteiger partial charge in [0.2, 0.25) is 17.7 Å². The van der Waals surface area contributed by atoms with Crippen LogP contribution in [-0.4, -0.2) is 70.7 Å². The van der Waals surface area contributed by atoms with Gasteiger partial charge in [-0.25, -0.2) is 5.48 Å². The van der Waals surface area contributed by atoms with Gasteiger partial charge in [0.15, 0.2) is 0 Å². The third-order valence-corrected chi connectivity index (χ3v) is 8.07. The second-order valence-corrected chi connectivity index (χ2v) is 10.9. The van der Waals surface area contributed by atoms with Crippen LogP contribution in [0.2, 0.25) is 0 Å². The number of likely N-dealkylation sites (tertiary alicyclic amines) is 1. The first-order valence-electron chi connectivity index (χ1n) is 13.6. The highest BCUT2D eigenvalue weighted by Crippen LogP contribution is 2.47. The van der Waals surface area contributed by atoms with Crippen molar-refractivity contribution in [3.05, 3.63) is 71.3 Å². The maximum Gasteiger partial charge on any atom is 0.261 e. The summed E-state index contributed by atoms with van der Waals surface area (Å²) in [7, 11) is 1.52. The molecule has 0 spiro atoms. The molecule has 3 N–H and O–H groups in total. The molecule has 2 heterocycles. The molecular weight excluding hydrogens is 512 g/mol. The molecular formula is C30H36N4O6. The first-order valence-corrected chi connectivity index (χ1v) is 13.6. The maximum absolute atomic E-state index is 14.3. The molecule has 0 radical (unpaired) electrons. The molecule has 10 heteroatoms. The number of hydrogen-bond acceptors (Lipinski definition) is 6. The Balaban J connectivity index is 1.64. The van der Waals surface area contributed by atoms with Gasteiger partial charge in [-0.1, -0.05) is 56.3 Å². The first kappa shape index (κ1) is 28.9. The zero-order valence-electron chi connectivity index (χ0n) is 23.1. The molecule has 0 aliphatic carbocycles. The molecule has 2 aliphatic heterocycles. The number of carbonyl (C=O) groups is 5. The van der Waals surface area contributed by atoms with Crippen LogP contribution in [0.3, 0.4) is 0 Å². The molecule has 2 aromatic carbocycles. The molecule has 10 nitrogen and oxygen atoms in total. The van der Waals surface area contributed by atoms with E-state index in [-0.39, 0.29) is 43.7 Å². The summed E-state index contributed by atoms with van der Waals surface area (Å²) in [6.45, 7) is 4.03. The first-order chi connectivity index (χ1) is 19.1. The van der Waals surface area contributed by atoms with Gasteiger partial charge in [-0.2, -0.15) is 0 Å². The highest BCUT2D eigenvalue weighted by molar-refractivity contribution is 6.21. The number of amides is 5. The molecule has 3 atom stereocenters. The van der Waals surface area contributed by atoms with Crippen molar-refractivity contribution in [2.45, 2.75) is 45.6 Å². The normalized spacial score (nSPS) is 20.1. The van der Waals surface area contributed by atoms with Gasteiger partial charge in [-0.15, -0.1) is 0 Å². The van der Waals surface area contributed by atoms with Gasteiger partial charge in [-0.05, 0) is 42.9 Å². The van der Waals surface area contributed by atoms with Crippen molar-refractivity contribution in [1.82, 2.24) is 20.6 Å². The van der Waals surface area contributed by atoms with Gasteiger partial charge < -0.3 is 10.2 Å². The largest absolute Gasteiger partial charge is 0.357 e. The van der Waals surface area contributed by atoms with Crippen LogP contribution < -0.4 is 10.8 Å². The van der Waals surface area contributed by atoms with Crippen molar-refractivity contribution >= 4 is 29.5 Å². The maximum atomic E-state index is 14.3. The SMILES string of the molecule is CNC(=O)[C@H](Cc1ccccc1)N1CC[C@@](CC(C)C)([C@@H](CCN2C(=O)c3ccccc3C2=O)C(=O)NO)C1=O. The van der Waals surface area contributed by atoms with Crippen molar-refractivity contribution in [3.63, 3.8) is 0 Å². The lowest BCUT2D eigenvalue weighted by Gasteiger charge is -2.37. The van der Waals surface area contributed by atoms with Crippen LogP contribution in [0.1, 0.15) is 59.4 Å². The van der Waals surface area contributed by atoms with E-state index in [4.69, 9.17) is 0 Å². The lowest BCUT2D eigenvalue weighted by Crippen LogP contribution is -2.53. The Kier molecular flexibility index (Phi) is 8.68. The predicted molar refractivity (Wildman–Crippen MR) is 146 cm³/mol. The fraction of sp³-hybridized carbons (Fsp3) is 0.433. The van der Waals surface area contributed by atoms with Crippen LogP contribution in [-0.2, 0) is 20.8 Å². The highest BCUT2D eigenvalue weighted by Gasteiger charge is 2.56. The number of hydroxylamine groups is 1. The Bertz CT molecular complexity index is 1260. The van der Waals surface area contributed by atoms with E-state index in [9.17, 15) is 29.2 Å². The Hall–Kier alpha value is -4.05. The van der Waals surface area contributed by atoms with Crippen molar-refractivity contribution in [3.8, 4) is 0 Å². The molecule has 1 fully saturated rings. The van der Waals surface area contributed by atoms with E-state index in [0.29, 0.717) is 24.0 Å².